The normalized spacial score (nSPS) is 10.3. The summed E-state index contributed by atoms with van der Waals surface area (Å²) in [7, 11) is 0. The maximum absolute atomic E-state index is 12.3. The molecule has 0 spiro atoms. The second kappa shape index (κ2) is 5.63. The van der Waals surface area contributed by atoms with E-state index in [9.17, 15) is 4.79 Å². The molecule has 86 valence electrons. The molecule has 0 aromatic heterocycles. The summed E-state index contributed by atoms with van der Waals surface area (Å²) < 4.78 is 2.84. The molecule has 0 unspecified atom stereocenters. The van der Waals surface area contributed by atoms with Gasteiger partial charge in [-0.25, -0.2) is 0 Å². The molecule has 0 N–H and O–H groups in total. The number of rotatable bonds is 2. The molecule has 0 saturated heterocycles. The standard InChI is InChI=1S/C13H7Br2IO/c14-9-3-1-8(2-4-9)13(17)11-7-10(15)5-6-12(11)16/h1-7H. The predicted octanol–water partition coefficient (Wildman–Crippen LogP) is 5.05. The van der Waals surface area contributed by atoms with Crippen LogP contribution in [-0.4, -0.2) is 5.78 Å². The number of benzene rings is 2. The number of carbonyl (C=O) groups is 1. The van der Waals surface area contributed by atoms with Gasteiger partial charge in [0.1, 0.15) is 0 Å². The fourth-order valence-corrected chi connectivity index (χ4v) is 2.63. The third-order valence-corrected chi connectivity index (χ3v) is 4.24. The third-order valence-electron chi connectivity index (χ3n) is 2.28. The zero-order chi connectivity index (χ0) is 12.4. The van der Waals surface area contributed by atoms with Gasteiger partial charge < -0.3 is 0 Å². The third kappa shape index (κ3) is 3.17. The summed E-state index contributed by atoms with van der Waals surface area (Å²) in [6, 6.07) is 13.1. The molecule has 0 fully saturated rings. The fraction of sp³-hybridized carbons (Fsp3) is 0. The van der Waals surface area contributed by atoms with Crippen LogP contribution >= 0.6 is 54.5 Å². The average Bonchev–Trinajstić information content (AvgIpc) is 2.32. The highest BCUT2D eigenvalue weighted by Crippen LogP contribution is 2.22. The Hall–Kier alpha value is -0.200. The van der Waals surface area contributed by atoms with Crippen molar-refractivity contribution in [3.8, 4) is 0 Å². The molecule has 4 heteroatoms. The smallest absolute Gasteiger partial charge is 0.194 e. The van der Waals surface area contributed by atoms with Gasteiger partial charge in [-0.1, -0.05) is 31.9 Å². The van der Waals surface area contributed by atoms with Crippen molar-refractivity contribution in [2.75, 3.05) is 0 Å². The van der Waals surface area contributed by atoms with Crippen LogP contribution in [-0.2, 0) is 0 Å². The van der Waals surface area contributed by atoms with E-state index in [1.165, 1.54) is 0 Å². The number of carbonyl (C=O) groups excluding carboxylic acids is 1. The van der Waals surface area contributed by atoms with Gasteiger partial charge in [0.2, 0.25) is 0 Å². The molecule has 0 amide bonds. The van der Waals surface area contributed by atoms with Crippen LogP contribution in [0.25, 0.3) is 0 Å². The van der Waals surface area contributed by atoms with E-state index >= 15 is 0 Å². The van der Waals surface area contributed by atoms with Crippen molar-refractivity contribution in [1.29, 1.82) is 0 Å². The van der Waals surface area contributed by atoms with Gasteiger partial charge in [0.05, 0.1) is 0 Å². The molecule has 17 heavy (non-hydrogen) atoms. The zero-order valence-electron chi connectivity index (χ0n) is 8.58. The molecule has 0 aliphatic heterocycles. The van der Waals surface area contributed by atoms with Crippen LogP contribution < -0.4 is 0 Å². The SMILES string of the molecule is O=C(c1ccc(Br)cc1)c1cc(Br)ccc1I. The Bertz CT molecular complexity index is 564. The second-order valence-electron chi connectivity index (χ2n) is 3.46. The van der Waals surface area contributed by atoms with Gasteiger partial charge in [-0.05, 0) is 65.1 Å². The van der Waals surface area contributed by atoms with Crippen molar-refractivity contribution in [2.45, 2.75) is 0 Å². The summed E-state index contributed by atoms with van der Waals surface area (Å²) in [4.78, 5) is 12.3. The van der Waals surface area contributed by atoms with Gasteiger partial charge in [0.25, 0.3) is 0 Å². The first-order valence-corrected chi connectivity index (χ1v) is 7.50. The summed E-state index contributed by atoms with van der Waals surface area (Å²) in [5.74, 6) is 0.0446. The van der Waals surface area contributed by atoms with Crippen LogP contribution in [0.15, 0.2) is 51.4 Å². The van der Waals surface area contributed by atoms with E-state index in [4.69, 9.17) is 0 Å². The summed E-state index contributed by atoms with van der Waals surface area (Å²) in [6.45, 7) is 0. The largest absolute Gasteiger partial charge is 0.289 e. The molecule has 0 aliphatic carbocycles. The van der Waals surface area contributed by atoms with E-state index in [-0.39, 0.29) is 5.78 Å². The Morgan fingerprint density at radius 2 is 1.53 bits per heavy atom. The molecule has 0 aliphatic rings. The van der Waals surface area contributed by atoms with Gasteiger partial charge >= 0.3 is 0 Å². The number of ketones is 1. The van der Waals surface area contributed by atoms with Crippen LogP contribution in [0.5, 0.6) is 0 Å². The quantitative estimate of drug-likeness (QED) is 0.448. The van der Waals surface area contributed by atoms with Gasteiger partial charge in [-0.2, -0.15) is 0 Å². The van der Waals surface area contributed by atoms with Crippen molar-refractivity contribution in [1.82, 2.24) is 0 Å². The van der Waals surface area contributed by atoms with Crippen molar-refractivity contribution in [3.63, 3.8) is 0 Å². The fourth-order valence-electron chi connectivity index (χ4n) is 1.43. The Morgan fingerprint density at radius 3 is 2.18 bits per heavy atom. The van der Waals surface area contributed by atoms with Crippen molar-refractivity contribution >= 4 is 60.2 Å². The summed E-state index contributed by atoms with van der Waals surface area (Å²) in [5, 5.41) is 0. The van der Waals surface area contributed by atoms with Gasteiger partial charge in [0, 0.05) is 23.6 Å². The topological polar surface area (TPSA) is 17.1 Å². The second-order valence-corrected chi connectivity index (χ2v) is 6.45. The van der Waals surface area contributed by atoms with Crippen LogP contribution in [0.2, 0.25) is 0 Å². The highest BCUT2D eigenvalue weighted by Gasteiger charge is 2.12. The summed E-state index contributed by atoms with van der Waals surface area (Å²) in [5.41, 5.74) is 1.42. The lowest BCUT2D eigenvalue weighted by Gasteiger charge is -2.04. The summed E-state index contributed by atoms with van der Waals surface area (Å²) in [6.07, 6.45) is 0. The number of hydrogen-bond donors (Lipinski definition) is 0. The first kappa shape index (κ1) is 13.2. The molecule has 2 aromatic rings. The maximum Gasteiger partial charge on any atom is 0.194 e. The van der Waals surface area contributed by atoms with E-state index < -0.39 is 0 Å². The molecule has 0 bridgehead atoms. The van der Waals surface area contributed by atoms with Crippen molar-refractivity contribution in [2.24, 2.45) is 0 Å². The Balaban J connectivity index is 2.43. The number of halogens is 3. The molecule has 2 rings (SSSR count). The minimum atomic E-state index is 0.0446. The molecule has 0 radical (unpaired) electrons. The molecule has 0 atom stereocenters. The highest BCUT2D eigenvalue weighted by atomic mass is 127. The Morgan fingerprint density at radius 1 is 0.941 bits per heavy atom. The summed E-state index contributed by atoms with van der Waals surface area (Å²) >= 11 is 8.92. The molecule has 2 aromatic carbocycles. The Labute approximate surface area is 130 Å². The van der Waals surface area contributed by atoms with Crippen molar-refractivity contribution in [3.05, 3.63) is 66.1 Å². The zero-order valence-corrected chi connectivity index (χ0v) is 13.9. The molecule has 1 nitrogen and oxygen atoms in total. The van der Waals surface area contributed by atoms with Crippen LogP contribution in [0.1, 0.15) is 15.9 Å². The molecule has 0 heterocycles. The Kier molecular flexibility index (Phi) is 4.38. The molecular formula is C13H7Br2IO. The molecular weight excluding hydrogens is 459 g/mol. The van der Waals surface area contributed by atoms with E-state index in [1.807, 2.05) is 42.5 Å². The number of hydrogen-bond acceptors (Lipinski definition) is 1. The minimum Gasteiger partial charge on any atom is -0.289 e. The predicted molar refractivity (Wildman–Crippen MR) is 84.4 cm³/mol. The van der Waals surface area contributed by atoms with Crippen LogP contribution in [0.3, 0.4) is 0 Å². The lowest BCUT2D eigenvalue weighted by Crippen LogP contribution is -2.03. The van der Waals surface area contributed by atoms with E-state index in [0.717, 1.165) is 18.1 Å². The van der Waals surface area contributed by atoms with Gasteiger partial charge in [0.15, 0.2) is 5.78 Å². The average molecular weight is 466 g/mol. The first-order valence-electron chi connectivity index (χ1n) is 4.83. The lowest BCUT2D eigenvalue weighted by atomic mass is 10.0. The first-order chi connectivity index (χ1) is 8.08. The van der Waals surface area contributed by atoms with E-state index in [1.54, 1.807) is 0 Å². The minimum absolute atomic E-state index is 0.0446. The van der Waals surface area contributed by atoms with E-state index in [0.29, 0.717) is 5.56 Å². The monoisotopic (exact) mass is 464 g/mol. The van der Waals surface area contributed by atoms with Gasteiger partial charge in [-0.3, -0.25) is 4.79 Å². The van der Waals surface area contributed by atoms with E-state index in [2.05, 4.69) is 54.5 Å². The highest BCUT2D eigenvalue weighted by molar-refractivity contribution is 14.1. The lowest BCUT2D eigenvalue weighted by molar-refractivity contribution is 0.103. The van der Waals surface area contributed by atoms with Crippen molar-refractivity contribution < 1.29 is 4.79 Å². The maximum atomic E-state index is 12.3. The van der Waals surface area contributed by atoms with Gasteiger partial charge in [-0.15, -0.1) is 0 Å². The van der Waals surface area contributed by atoms with Crippen LogP contribution in [0, 0.1) is 3.57 Å². The van der Waals surface area contributed by atoms with Crippen LogP contribution in [0.4, 0.5) is 0 Å². The molecule has 0 saturated carbocycles.